The van der Waals surface area contributed by atoms with Crippen molar-refractivity contribution in [1.82, 2.24) is 0 Å². The predicted octanol–water partition coefficient (Wildman–Crippen LogP) is 4.04. The molecule has 1 N–H and O–H groups in total. The number of carbonyl (C=O) groups excluding carboxylic acids is 1. The van der Waals surface area contributed by atoms with Crippen molar-refractivity contribution in [1.29, 1.82) is 0 Å². The molecular formula is C21H24BClO5. The lowest BCUT2D eigenvalue weighted by Crippen LogP contribution is -2.41. The molecule has 1 heterocycles. The van der Waals surface area contributed by atoms with E-state index in [2.05, 4.69) is 0 Å². The standard InChI is InChI=1S/C21H24BClO5/c1-13-14(12-26-19-10-18(25)15(11-24)9-17(19)23)7-6-8-16(13)22-27-20(2,3)21(4,5)28-22/h6-11,25H,12H2,1-5H3. The van der Waals surface area contributed by atoms with E-state index in [1.807, 2.05) is 52.8 Å². The second-order valence-electron chi connectivity index (χ2n) is 7.97. The van der Waals surface area contributed by atoms with Crippen molar-refractivity contribution in [2.45, 2.75) is 52.4 Å². The molecule has 1 aliphatic heterocycles. The molecule has 0 spiro atoms. The molecule has 0 amide bonds. The Morgan fingerprint density at radius 1 is 1.18 bits per heavy atom. The van der Waals surface area contributed by atoms with E-state index in [4.69, 9.17) is 25.6 Å². The highest BCUT2D eigenvalue weighted by Gasteiger charge is 2.52. The molecule has 28 heavy (non-hydrogen) atoms. The third-order valence-electron chi connectivity index (χ3n) is 5.59. The fourth-order valence-electron chi connectivity index (χ4n) is 3.00. The summed E-state index contributed by atoms with van der Waals surface area (Å²) in [5.41, 5.74) is 2.19. The summed E-state index contributed by atoms with van der Waals surface area (Å²) >= 11 is 6.15. The van der Waals surface area contributed by atoms with Gasteiger partial charge in [0, 0.05) is 6.07 Å². The number of carbonyl (C=O) groups is 1. The highest BCUT2D eigenvalue weighted by atomic mass is 35.5. The molecule has 0 aliphatic carbocycles. The SMILES string of the molecule is Cc1c(COc2cc(O)c(C=O)cc2Cl)cccc1B1OC(C)(C)C(C)(C)O1. The van der Waals surface area contributed by atoms with E-state index in [0.29, 0.717) is 12.0 Å². The minimum absolute atomic E-state index is 0.122. The fourth-order valence-corrected chi connectivity index (χ4v) is 3.23. The number of halogens is 1. The number of hydrogen-bond acceptors (Lipinski definition) is 5. The Morgan fingerprint density at radius 3 is 2.43 bits per heavy atom. The molecule has 0 bridgehead atoms. The van der Waals surface area contributed by atoms with Crippen LogP contribution in [0.4, 0.5) is 0 Å². The highest BCUT2D eigenvalue weighted by Crippen LogP contribution is 2.37. The van der Waals surface area contributed by atoms with Crippen LogP contribution in [-0.4, -0.2) is 29.7 Å². The lowest BCUT2D eigenvalue weighted by Gasteiger charge is -2.32. The topological polar surface area (TPSA) is 65.0 Å². The molecule has 2 aromatic rings. The van der Waals surface area contributed by atoms with Gasteiger partial charge in [-0.05, 0) is 57.3 Å². The number of aromatic hydroxyl groups is 1. The van der Waals surface area contributed by atoms with Gasteiger partial charge in [-0.25, -0.2) is 0 Å². The van der Waals surface area contributed by atoms with Gasteiger partial charge in [0.25, 0.3) is 0 Å². The summed E-state index contributed by atoms with van der Waals surface area (Å²) < 4.78 is 18.1. The molecule has 1 saturated heterocycles. The van der Waals surface area contributed by atoms with Crippen LogP contribution in [-0.2, 0) is 15.9 Å². The van der Waals surface area contributed by atoms with Crippen molar-refractivity contribution in [3.63, 3.8) is 0 Å². The lowest BCUT2D eigenvalue weighted by atomic mass is 9.75. The van der Waals surface area contributed by atoms with Crippen LogP contribution in [0.3, 0.4) is 0 Å². The van der Waals surface area contributed by atoms with Gasteiger partial charge in [-0.15, -0.1) is 0 Å². The van der Waals surface area contributed by atoms with Crippen LogP contribution >= 0.6 is 11.6 Å². The number of rotatable bonds is 5. The van der Waals surface area contributed by atoms with Crippen LogP contribution in [0.5, 0.6) is 11.5 Å². The van der Waals surface area contributed by atoms with E-state index in [-0.39, 0.29) is 22.9 Å². The van der Waals surface area contributed by atoms with Crippen LogP contribution in [0.25, 0.3) is 0 Å². The summed E-state index contributed by atoms with van der Waals surface area (Å²) in [6.07, 6.45) is 0.545. The third kappa shape index (κ3) is 3.77. The van der Waals surface area contributed by atoms with E-state index in [9.17, 15) is 9.90 Å². The smallest absolute Gasteiger partial charge is 0.495 e. The van der Waals surface area contributed by atoms with E-state index in [1.54, 1.807) is 0 Å². The molecule has 1 fully saturated rings. The van der Waals surface area contributed by atoms with Crippen molar-refractivity contribution in [2.75, 3.05) is 0 Å². The van der Waals surface area contributed by atoms with E-state index >= 15 is 0 Å². The van der Waals surface area contributed by atoms with Crippen LogP contribution in [0.15, 0.2) is 30.3 Å². The van der Waals surface area contributed by atoms with E-state index in [1.165, 1.54) is 12.1 Å². The average Bonchev–Trinajstić information content (AvgIpc) is 2.83. The highest BCUT2D eigenvalue weighted by molar-refractivity contribution is 6.62. The summed E-state index contributed by atoms with van der Waals surface area (Å²) in [7, 11) is -0.454. The quantitative estimate of drug-likeness (QED) is 0.604. The monoisotopic (exact) mass is 402 g/mol. The Morgan fingerprint density at radius 2 is 1.82 bits per heavy atom. The molecule has 3 rings (SSSR count). The van der Waals surface area contributed by atoms with Crippen molar-refractivity contribution in [2.24, 2.45) is 0 Å². The van der Waals surface area contributed by atoms with Gasteiger partial charge in [0.15, 0.2) is 6.29 Å². The summed E-state index contributed by atoms with van der Waals surface area (Å²) in [6.45, 7) is 10.3. The number of benzene rings is 2. The van der Waals surface area contributed by atoms with Crippen molar-refractivity contribution in [3.05, 3.63) is 52.0 Å². The number of phenols is 1. The normalized spacial score (nSPS) is 17.6. The minimum atomic E-state index is -0.454. The van der Waals surface area contributed by atoms with Gasteiger partial charge in [-0.3, -0.25) is 4.79 Å². The summed E-state index contributed by atoms with van der Waals surface area (Å²) in [6, 6.07) is 8.60. The first-order valence-corrected chi connectivity index (χ1v) is 9.48. The number of aldehydes is 1. The molecule has 0 radical (unpaired) electrons. The minimum Gasteiger partial charge on any atom is -0.507 e. The third-order valence-corrected chi connectivity index (χ3v) is 5.88. The van der Waals surface area contributed by atoms with Gasteiger partial charge in [0.2, 0.25) is 0 Å². The van der Waals surface area contributed by atoms with Gasteiger partial charge in [0.1, 0.15) is 18.1 Å². The van der Waals surface area contributed by atoms with Gasteiger partial charge >= 0.3 is 7.12 Å². The van der Waals surface area contributed by atoms with E-state index < -0.39 is 18.3 Å². The first kappa shape index (κ1) is 20.7. The Labute approximate surface area is 170 Å². The molecule has 0 saturated carbocycles. The summed E-state index contributed by atoms with van der Waals surface area (Å²) in [5, 5.41) is 10.1. The first-order valence-electron chi connectivity index (χ1n) is 9.10. The number of ether oxygens (including phenoxy) is 1. The molecular weight excluding hydrogens is 378 g/mol. The molecule has 0 unspecified atom stereocenters. The maximum atomic E-state index is 10.9. The second kappa shape index (κ2) is 7.43. The molecule has 2 aromatic carbocycles. The van der Waals surface area contributed by atoms with E-state index in [0.717, 1.165) is 16.6 Å². The van der Waals surface area contributed by atoms with Gasteiger partial charge in [-0.2, -0.15) is 0 Å². The zero-order valence-corrected chi connectivity index (χ0v) is 17.5. The Kier molecular flexibility index (Phi) is 5.50. The van der Waals surface area contributed by atoms with Crippen LogP contribution in [0, 0.1) is 6.92 Å². The fraction of sp³-hybridized carbons (Fsp3) is 0.381. The van der Waals surface area contributed by atoms with Gasteiger partial charge in [-0.1, -0.05) is 29.8 Å². The maximum Gasteiger partial charge on any atom is 0.495 e. The molecule has 148 valence electrons. The zero-order chi connectivity index (χ0) is 20.7. The summed E-state index contributed by atoms with van der Waals surface area (Å²) in [5.74, 6) is 0.141. The van der Waals surface area contributed by atoms with Crippen LogP contribution < -0.4 is 10.2 Å². The van der Waals surface area contributed by atoms with Crippen molar-refractivity contribution >= 4 is 30.5 Å². The Hall–Kier alpha value is -2.02. The zero-order valence-electron chi connectivity index (χ0n) is 16.7. The van der Waals surface area contributed by atoms with Crippen LogP contribution in [0.2, 0.25) is 5.02 Å². The van der Waals surface area contributed by atoms with Gasteiger partial charge < -0.3 is 19.2 Å². The Balaban J connectivity index is 1.81. The average molecular weight is 403 g/mol. The maximum absolute atomic E-state index is 10.9. The summed E-state index contributed by atoms with van der Waals surface area (Å²) in [4.78, 5) is 10.9. The second-order valence-corrected chi connectivity index (χ2v) is 8.37. The predicted molar refractivity (Wildman–Crippen MR) is 110 cm³/mol. The number of hydrogen-bond donors (Lipinski definition) is 1. The van der Waals surface area contributed by atoms with Crippen LogP contribution in [0.1, 0.15) is 49.2 Å². The largest absolute Gasteiger partial charge is 0.507 e. The van der Waals surface area contributed by atoms with Gasteiger partial charge in [0.05, 0.1) is 21.8 Å². The molecule has 0 aromatic heterocycles. The molecule has 1 aliphatic rings. The molecule has 7 heteroatoms. The van der Waals surface area contributed by atoms with Crippen molar-refractivity contribution in [3.8, 4) is 11.5 Å². The lowest BCUT2D eigenvalue weighted by molar-refractivity contribution is 0.00578. The van der Waals surface area contributed by atoms with Crippen molar-refractivity contribution < 1.29 is 23.9 Å². The first-order chi connectivity index (χ1) is 13.1. The Bertz CT molecular complexity index is 894. The molecule has 0 atom stereocenters. The molecule has 5 nitrogen and oxygen atoms in total. The number of phenolic OH excluding ortho intramolecular Hbond substituents is 1.